The molecule has 9 atom stereocenters. The molecule has 5 unspecified atom stereocenters. The highest BCUT2D eigenvalue weighted by Gasteiger charge is 2.56. The van der Waals surface area contributed by atoms with E-state index in [0.717, 1.165) is 55.3 Å². The number of fused-ring (bicyclic) bond motifs is 10. The zero-order chi connectivity index (χ0) is 50.2. The fourth-order valence-corrected chi connectivity index (χ4v) is 14.2. The fourth-order valence-electron chi connectivity index (χ4n) is 14.2. The fraction of sp³-hybridized carbons (Fsp3) is 0.424. The molecule has 0 N–H and O–H groups in total. The molecule has 5 nitrogen and oxygen atoms in total. The predicted octanol–water partition coefficient (Wildman–Crippen LogP) is 16.7. The van der Waals surface area contributed by atoms with Gasteiger partial charge in [0.05, 0.1) is 25.4 Å². The monoisotopic (exact) mass is 1020 g/mol. The lowest BCUT2D eigenvalue weighted by Gasteiger charge is -2.50. The van der Waals surface area contributed by atoms with Crippen LogP contribution in [-0.4, -0.2) is 24.3 Å². The van der Waals surface area contributed by atoms with Crippen LogP contribution >= 0.6 is 23.2 Å². The van der Waals surface area contributed by atoms with E-state index in [-0.39, 0.29) is 5.41 Å². The topological polar surface area (TPSA) is 46.2 Å². The smallest absolute Gasteiger partial charge is 0.206 e. The molecule has 3 fully saturated rings. The summed E-state index contributed by atoms with van der Waals surface area (Å²) in [5.74, 6) is 5.66. The van der Waals surface area contributed by atoms with Crippen LogP contribution in [0.1, 0.15) is 122 Å². The van der Waals surface area contributed by atoms with Crippen LogP contribution in [0.2, 0.25) is 0 Å². The van der Waals surface area contributed by atoms with Gasteiger partial charge in [-0.05, 0) is 180 Å². The van der Waals surface area contributed by atoms with E-state index < -0.39 is 5.02 Å². The number of allylic oxidation sites excluding steroid dienone is 2. The van der Waals surface area contributed by atoms with Crippen LogP contribution in [0.15, 0.2) is 164 Å². The lowest BCUT2D eigenvalue weighted by molar-refractivity contribution is -0.0707. The first-order valence-electron chi connectivity index (χ1n) is 27.1. The largest absolute Gasteiger partial charge is 0.489 e. The lowest BCUT2D eigenvalue weighted by atomic mass is 9.55. The highest BCUT2D eigenvalue weighted by atomic mass is 35.5. The Kier molecular flexibility index (Phi) is 16.8. The molecule has 0 aliphatic heterocycles. The molecule has 0 saturated heterocycles. The Morgan fingerprint density at radius 3 is 1.56 bits per heavy atom. The van der Waals surface area contributed by atoms with Gasteiger partial charge in [0.2, 0.25) is 5.02 Å². The summed E-state index contributed by atoms with van der Waals surface area (Å²) < 4.78 is 29.7. The lowest BCUT2D eigenvalue weighted by Crippen LogP contribution is -2.44. The minimum absolute atomic E-state index is 0.249. The summed E-state index contributed by atoms with van der Waals surface area (Å²) in [5.41, 5.74) is 13.2. The molecule has 0 heterocycles. The number of benzene rings is 6. The predicted molar refractivity (Wildman–Crippen MR) is 297 cm³/mol. The molecule has 0 spiro atoms. The van der Waals surface area contributed by atoms with Gasteiger partial charge in [0.1, 0.15) is 24.7 Å². The Balaban J connectivity index is 0.000000153. The first kappa shape index (κ1) is 51.6. The number of methoxy groups -OCH3 is 1. The maximum atomic E-state index is 6.57. The number of halogens is 2. The van der Waals surface area contributed by atoms with Crippen molar-refractivity contribution in [2.45, 2.75) is 134 Å². The van der Waals surface area contributed by atoms with Gasteiger partial charge in [-0.25, -0.2) is 0 Å². The van der Waals surface area contributed by atoms with Crippen LogP contribution in [0.25, 0.3) is 5.57 Å². The van der Waals surface area contributed by atoms with Crippen molar-refractivity contribution in [2.24, 2.45) is 34.5 Å². The van der Waals surface area contributed by atoms with E-state index in [2.05, 4.69) is 176 Å². The molecule has 6 aliphatic carbocycles. The van der Waals surface area contributed by atoms with Gasteiger partial charge in [-0.2, -0.15) is 0 Å². The molecule has 7 heteroatoms. The second-order valence-corrected chi connectivity index (χ2v) is 23.0. The van der Waals surface area contributed by atoms with Gasteiger partial charge in [-0.3, -0.25) is 0 Å². The number of rotatable bonds is 13. The molecule has 0 bridgehead atoms. The summed E-state index contributed by atoms with van der Waals surface area (Å²) in [6.07, 6.45) is 16.9. The van der Waals surface area contributed by atoms with E-state index in [1.54, 1.807) is 11.1 Å². The molecule has 0 amide bonds. The van der Waals surface area contributed by atoms with Crippen molar-refractivity contribution in [3.05, 3.63) is 208 Å². The standard InChI is InChI=1S/C32H36O2.C32H34O2.C2H4Cl2O/c2*1-32-19-18-28-27-15-13-26(33-21-23-8-4-2-5-9-23)20-25(27)12-14-29(28)30(32)16-17-31(32)34-22-24-10-6-3-7-11-24;1-5-2(3)4/h2-11,13,15,20,28-31H,12,14,16-19,21-22H2,1H3;2-11,13,15,18,20,29-31H,12,14,16-17,19,21-22H2,1H3;2H,1H3/t28?,29?,30?,31-,32-;29?,30?,31-,32-;/m00./s1. The Labute approximate surface area is 445 Å². The van der Waals surface area contributed by atoms with Gasteiger partial charge in [0.25, 0.3) is 0 Å². The van der Waals surface area contributed by atoms with E-state index in [1.165, 1.54) is 104 Å². The van der Waals surface area contributed by atoms with Crippen LogP contribution in [0, 0.1) is 34.5 Å². The van der Waals surface area contributed by atoms with Crippen LogP contribution in [0.4, 0.5) is 0 Å². The number of ether oxygens (including phenoxy) is 5. The van der Waals surface area contributed by atoms with Crippen LogP contribution in [0.3, 0.4) is 0 Å². The zero-order valence-electron chi connectivity index (χ0n) is 43.1. The molecular formula is C66H74Cl2O5. The molecule has 382 valence electrons. The molecule has 0 aromatic heterocycles. The Morgan fingerprint density at radius 1 is 0.507 bits per heavy atom. The van der Waals surface area contributed by atoms with Crippen molar-refractivity contribution in [3.8, 4) is 11.5 Å². The van der Waals surface area contributed by atoms with E-state index in [9.17, 15) is 0 Å². The van der Waals surface area contributed by atoms with Crippen molar-refractivity contribution in [1.82, 2.24) is 0 Å². The first-order valence-corrected chi connectivity index (χ1v) is 28.0. The molecule has 6 aliphatic rings. The minimum Gasteiger partial charge on any atom is -0.489 e. The van der Waals surface area contributed by atoms with Gasteiger partial charge in [0.15, 0.2) is 0 Å². The summed E-state index contributed by atoms with van der Waals surface area (Å²) in [6, 6.07) is 55.8. The minimum atomic E-state index is -0.671. The molecular weight excluding hydrogens is 944 g/mol. The molecule has 73 heavy (non-hydrogen) atoms. The second kappa shape index (κ2) is 23.8. The van der Waals surface area contributed by atoms with Crippen molar-refractivity contribution >= 4 is 28.8 Å². The van der Waals surface area contributed by atoms with Gasteiger partial charge < -0.3 is 23.7 Å². The zero-order valence-corrected chi connectivity index (χ0v) is 44.6. The van der Waals surface area contributed by atoms with Crippen molar-refractivity contribution < 1.29 is 23.7 Å². The quantitative estimate of drug-likeness (QED) is 0.108. The highest BCUT2D eigenvalue weighted by molar-refractivity contribution is 6.43. The second-order valence-electron chi connectivity index (χ2n) is 22.0. The molecule has 0 radical (unpaired) electrons. The van der Waals surface area contributed by atoms with E-state index in [0.29, 0.717) is 42.7 Å². The van der Waals surface area contributed by atoms with Gasteiger partial charge in [-0.1, -0.05) is 177 Å². The molecule has 6 aromatic carbocycles. The van der Waals surface area contributed by atoms with E-state index >= 15 is 0 Å². The van der Waals surface area contributed by atoms with Gasteiger partial charge in [0, 0.05) is 12.5 Å². The van der Waals surface area contributed by atoms with Gasteiger partial charge in [-0.15, -0.1) is 0 Å². The maximum absolute atomic E-state index is 6.57. The number of hydrogen-bond acceptors (Lipinski definition) is 5. The highest BCUT2D eigenvalue weighted by Crippen LogP contribution is 2.62. The van der Waals surface area contributed by atoms with Gasteiger partial charge >= 0.3 is 0 Å². The summed E-state index contributed by atoms with van der Waals surface area (Å²) >= 11 is 10.0. The molecule has 6 aromatic rings. The van der Waals surface area contributed by atoms with Crippen molar-refractivity contribution in [3.63, 3.8) is 0 Å². The molecule has 3 saturated carbocycles. The Bertz CT molecular complexity index is 2730. The third-order valence-corrected chi connectivity index (χ3v) is 18.3. The summed E-state index contributed by atoms with van der Waals surface area (Å²) in [4.78, 5) is 0. The third kappa shape index (κ3) is 11.8. The maximum Gasteiger partial charge on any atom is 0.206 e. The Morgan fingerprint density at radius 2 is 1.00 bits per heavy atom. The summed E-state index contributed by atoms with van der Waals surface area (Å²) in [7, 11) is 1.44. The normalized spacial score (nSPS) is 27.2. The Hall–Kier alpha value is -4.88. The SMILES string of the molecule is COC(Cl)Cl.C[C@]12CC=C3c4ccc(OCc5ccccc5)cc4CCC3C1CC[C@@H]2OCc1ccccc1.C[C@]12CCC3c4ccc(OCc5ccccc5)cc4CCC3C1CC[C@@H]2OCc1ccccc1. The third-order valence-electron chi connectivity index (χ3n) is 18.0. The van der Waals surface area contributed by atoms with Crippen molar-refractivity contribution in [1.29, 1.82) is 0 Å². The number of aryl methyl sites for hydroxylation is 2. The first-order chi connectivity index (χ1) is 35.7. The summed E-state index contributed by atoms with van der Waals surface area (Å²) in [6.45, 7) is 7.75. The number of hydrogen-bond donors (Lipinski definition) is 0. The van der Waals surface area contributed by atoms with E-state index in [4.69, 9.17) is 42.1 Å². The van der Waals surface area contributed by atoms with Crippen molar-refractivity contribution in [2.75, 3.05) is 7.11 Å². The van der Waals surface area contributed by atoms with Crippen LogP contribution in [-0.2, 0) is 53.5 Å². The summed E-state index contributed by atoms with van der Waals surface area (Å²) in [5, 5.41) is -0.671. The van der Waals surface area contributed by atoms with Crippen LogP contribution in [0.5, 0.6) is 11.5 Å². The van der Waals surface area contributed by atoms with Crippen LogP contribution < -0.4 is 9.47 Å². The average molecular weight is 1020 g/mol. The average Bonchev–Trinajstić information content (AvgIpc) is 3.97. The van der Waals surface area contributed by atoms with E-state index in [1.807, 2.05) is 6.07 Å². The molecule has 12 rings (SSSR count). The number of alkyl halides is 2.